The van der Waals surface area contributed by atoms with Gasteiger partial charge in [-0.1, -0.05) is 24.3 Å². The Labute approximate surface area is 123 Å². The van der Waals surface area contributed by atoms with Crippen LogP contribution >= 0.6 is 0 Å². The van der Waals surface area contributed by atoms with E-state index in [1.54, 1.807) is 6.20 Å². The molecule has 1 aliphatic rings. The first kappa shape index (κ1) is 13.8. The third kappa shape index (κ3) is 2.97. The first-order valence-corrected chi connectivity index (χ1v) is 7.14. The molecular formula is C16H19N3O2. The quantitative estimate of drug-likeness (QED) is 0.898. The predicted octanol–water partition coefficient (Wildman–Crippen LogP) is 1.75. The highest BCUT2D eigenvalue weighted by Gasteiger charge is 2.29. The average Bonchev–Trinajstić information content (AvgIpc) is 3.10. The molecule has 1 aromatic heterocycles. The molecule has 2 atom stereocenters. The van der Waals surface area contributed by atoms with Gasteiger partial charge < -0.3 is 15.0 Å². The van der Waals surface area contributed by atoms with Crippen LogP contribution in [-0.4, -0.2) is 27.2 Å². The lowest BCUT2D eigenvalue weighted by molar-refractivity contribution is -0.141. The van der Waals surface area contributed by atoms with E-state index in [1.165, 1.54) is 5.56 Å². The zero-order chi connectivity index (χ0) is 14.8. The van der Waals surface area contributed by atoms with Gasteiger partial charge in [0.25, 0.3) is 0 Å². The number of carbonyl (C=O) groups is 1. The molecule has 1 saturated heterocycles. The zero-order valence-corrected chi connectivity index (χ0v) is 12.0. The maximum absolute atomic E-state index is 11.0. The van der Waals surface area contributed by atoms with Crippen LogP contribution in [0.2, 0.25) is 0 Å². The van der Waals surface area contributed by atoms with Gasteiger partial charge in [0.2, 0.25) is 0 Å². The molecule has 1 aliphatic heterocycles. The second-order valence-electron chi connectivity index (χ2n) is 5.60. The number of benzene rings is 1. The van der Waals surface area contributed by atoms with Crippen molar-refractivity contribution in [3.8, 4) is 0 Å². The molecule has 5 nitrogen and oxygen atoms in total. The van der Waals surface area contributed by atoms with Crippen molar-refractivity contribution in [2.45, 2.75) is 18.9 Å². The number of carboxylic acid groups (broad SMARTS) is 1. The lowest BCUT2D eigenvalue weighted by Gasteiger charge is -2.11. The van der Waals surface area contributed by atoms with Crippen molar-refractivity contribution in [3.63, 3.8) is 0 Å². The Kier molecular flexibility index (Phi) is 3.75. The van der Waals surface area contributed by atoms with E-state index in [0.717, 1.165) is 17.8 Å². The lowest BCUT2D eigenvalue weighted by Crippen LogP contribution is -2.17. The molecule has 2 unspecified atom stereocenters. The van der Waals surface area contributed by atoms with Gasteiger partial charge in [-0.15, -0.1) is 0 Å². The van der Waals surface area contributed by atoms with Crippen LogP contribution in [0.3, 0.4) is 0 Å². The number of nitrogens with zero attached hydrogens (tertiary/aromatic N) is 2. The van der Waals surface area contributed by atoms with Crippen molar-refractivity contribution in [1.29, 1.82) is 0 Å². The fraction of sp³-hybridized carbons (Fsp3) is 0.375. The van der Waals surface area contributed by atoms with Crippen molar-refractivity contribution in [3.05, 3.63) is 53.6 Å². The topological polar surface area (TPSA) is 67.2 Å². The van der Waals surface area contributed by atoms with Crippen LogP contribution in [-0.2, 0) is 18.3 Å². The monoisotopic (exact) mass is 285 g/mol. The lowest BCUT2D eigenvalue weighted by atomic mass is 9.98. The van der Waals surface area contributed by atoms with Crippen LogP contribution in [0.1, 0.15) is 29.4 Å². The van der Waals surface area contributed by atoms with E-state index in [9.17, 15) is 4.79 Å². The van der Waals surface area contributed by atoms with Gasteiger partial charge in [0.15, 0.2) is 0 Å². The summed E-state index contributed by atoms with van der Waals surface area (Å²) in [4.78, 5) is 15.3. The van der Waals surface area contributed by atoms with Gasteiger partial charge in [0.05, 0.1) is 5.92 Å². The van der Waals surface area contributed by atoms with Crippen molar-refractivity contribution in [1.82, 2.24) is 14.9 Å². The van der Waals surface area contributed by atoms with E-state index < -0.39 is 5.97 Å². The highest BCUT2D eigenvalue weighted by Crippen LogP contribution is 2.27. The van der Waals surface area contributed by atoms with E-state index in [0.29, 0.717) is 13.0 Å². The highest BCUT2D eigenvalue weighted by atomic mass is 16.4. The molecule has 1 fully saturated rings. The summed E-state index contributed by atoms with van der Waals surface area (Å²) in [6, 6.07) is 8.51. The fourth-order valence-corrected chi connectivity index (χ4v) is 2.79. The molecule has 21 heavy (non-hydrogen) atoms. The highest BCUT2D eigenvalue weighted by molar-refractivity contribution is 5.70. The van der Waals surface area contributed by atoms with E-state index in [2.05, 4.69) is 34.6 Å². The van der Waals surface area contributed by atoms with Crippen molar-refractivity contribution >= 4 is 5.97 Å². The van der Waals surface area contributed by atoms with Crippen molar-refractivity contribution in [2.24, 2.45) is 13.0 Å². The Morgan fingerprint density at radius 1 is 1.43 bits per heavy atom. The average molecular weight is 285 g/mol. The maximum Gasteiger partial charge on any atom is 0.307 e. The van der Waals surface area contributed by atoms with E-state index >= 15 is 0 Å². The number of carboxylic acids is 1. The second-order valence-corrected chi connectivity index (χ2v) is 5.60. The predicted molar refractivity (Wildman–Crippen MR) is 78.9 cm³/mol. The number of aliphatic carboxylic acids is 1. The van der Waals surface area contributed by atoms with Gasteiger partial charge in [-0.05, 0) is 17.5 Å². The largest absolute Gasteiger partial charge is 0.481 e. The minimum Gasteiger partial charge on any atom is -0.481 e. The number of aromatic nitrogens is 2. The van der Waals surface area contributed by atoms with Crippen LogP contribution in [0.25, 0.3) is 0 Å². The fourth-order valence-electron chi connectivity index (χ4n) is 2.79. The molecule has 0 spiro atoms. The molecule has 0 saturated carbocycles. The van der Waals surface area contributed by atoms with Crippen LogP contribution in [0.15, 0.2) is 36.7 Å². The van der Waals surface area contributed by atoms with Crippen molar-refractivity contribution < 1.29 is 9.90 Å². The molecule has 5 heteroatoms. The van der Waals surface area contributed by atoms with Crippen molar-refractivity contribution in [2.75, 3.05) is 6.54 Å². The second kappa shape index (κ2) is 5.69. The minimum atomic E-state index is -0.712. The zero-order valence-electron chi connectivity index (χ0n) is 12.0. The summed E-state index contributed by atoms with van der Waals surface area (Å²) in [5, 5.41) is 12.3. The summed E-state index contributed by atoms with van der Waals surface area (Å²) < 4.78 is 2.02. The standard InChI is InChI=1S/C16H19N3O2/c1-19-7-6-17-15(19)8-11-2-4-12(5-3-11)14-9-13(10-18-14)16(20)21/h2-7,13-14,18H,8-10H2,1H3,(H,20,21). The summed E-state index contributed by atoms with van der Waals surface area (Å²) in [5.41, 5.74) is 2.36. The first-order chi connectivity index (χ1) is 10.1. The molecule has 110 valence electrons. The number of aryl methyl sites for hydroxylation is 1. The molecule has 0 amide bonds. The van der Waals surface area contributed by atoms with Crippen LogP contribution < -0.4 is 5.32 Å². The van der Waals surface area contributed by atoms with Crippen LogP contribution in [0.5, 0.6) is 0 Å². The Morgan fingerprint density at radius 3 is 2.76 bits per heavy atom. The summed E-state index contributed by atoms with van der Waals surface area (Å²) in [6.45, 7) is 0.551. The van der Waals surface area contributed by atoms with Gasteiger partial charge in [-0.2, -0.15) is 0 Å². The minimum absolute atomic E-state index is 0.147. The third-order valence-corrected chi connectivity index (χ3v) is 4.15. The van der Waals surface area contributed by atoms with Crippen LogP contribution in [0, 0.1) is 5.92 Å². The molecule has 0 aliphatic carbocycles. The molecule has 0 bridgehead atoms. The number of imidazole rings is 1. The van der Waals surface area contributed by atoms with E-state index in [1.807, 2.05) is 17.8 Å². The number of hydrogen-bond donors (Lipinski definition) is 2. The van der Waals surface area contributed by atoms with E-state index in [4.69, 9.17) is 5.11 Å². The Hall–Kier alpha value is -2.14. The molecule has 2 aromatic rings. The molecule has 1 aromatic carbocycles. The summed E-state index contributed by atoms with van der Waals surface area (Å²) >= 11 is 0. The SMILES string of the molecule is Cn1ccnc1Cc1ccc(C2CC(C(=O)O)CN2)cc1. The summed E-state index contributed by atoms with van der Waals surface area (Å²) in [7, 11) is 1.99. The molecule has 3 rings (SSSR count). The number of rotatable bonds is 4. The third-order valence-electron chi connectivity index (χ3n) is 4.15. The Balaban J connectivity index is 1.67. The Morgan fingerprint density at radius 2 is 2.19 bits per heavy atom. The smallest absolute Gasteiger partial charge is 0.307 e. The molecule has 2 heterocycles. The van der Waals surface area contributed by atoms with E-state index in [-0.39, 0.29) is 12.0 Å². The van der Waals surface area contributed by atoms with Gasteiger partial charge >= 0.3 is 5.97 Å². The molecular weight excluding hydrogens is 266 g/mol. The summed E-state index contributed by atoms with van der Waals surface area (Å²) in [6.07, 6.45) is 5.21. The van der Waals surface area contributed by atoms with Crippen LogP contribution in [0.4, 0.5) is 0 Å². The normalized spacial score (nSPS) is 21.6. The first-order valence-electron chi connectivity index (χ1n) is 7.14. The van der Waals surface area contributed by atoms with Gasteiger partial charge in [-0.25, -0.2) is 4.98 Å². The maximum atomic E-state index is 11.0. The van der Waals surface area contributed by atoms with Gasteiger partial charge in [0, 0.05) is 38.4 Å². The summed E-state index contributed by atoms with van der Waals surface area (Å²) in [5.74, 6) is 0.0475. The van der Waals surface area contributed by atoms with Gasteiger partial charge in [0.1, 0.15) is 5.82 Å². The number of hydrogen-bond acceptors (Lipinski definition) is 3. The Bertz CT molecular complexity index is 633. The number of nitrogens with one attached hydrogen (secondary N) is 1. The molecule has 2 N–H and O–H groups in total. The van der Waals surface area contributed by atoms with Gasteiger partial charge in [-0.3, -0.25) is 4.79 Å². The molecule has 0 radical (unpaired) electrons.